The zero-order chi connectivity index (χ0) is 20.3. The molecule has 2 nitrogen and oxygen atoms in total. The molecule has 0 aliphatic rings. The van der Waals surface area contributed by atoms with Crippen molar-refractivity contribution in [2.24, 2.45) is 0 Å². The van der Waals surface area contributed by atoms with Crippen LogP contribution in [0.5, 0.6) is 0 Å². The Kier molecular flexibility index (Phi) is 5.66. The molecule has 28 heavy (non-hydrogen) atoms. The van der Waals surface area contributed by atoms with Crippen molar-refractivity contribution < 1.29 is 9.22 Å². The summed E-state index contributed by atoms with van der Waals surface area (Å²) in [7, 11) is -3.05. The molecule has 0 atom stereocenters. The Hall–Kier alpha value is -2.91. The number of carbonyl (C=O) groups is 1. The van der Waals surface area contributed by atoms with Crippen LogP contribution < -0.4 is 15.6 Å². The van der Waals surface area contributed by atoms with Crippen LogP contribution in [0.1, 0.15) is 23.6 Å². The molecule has 0 aliphatic heterocycles. The molecule has 0 unspecified atom stereocenters. The normalized spacial score (nSPS) is 11.1. The van der Waals surface area contributed by atoms with Crippen molar-refractivity contribution in [3.05, 3.63) is 102 Å². The predicted molar refractivity (Wildman–Crippen MR) is 119 cm³/mol. The van der Waals surface area contributed by atoms with Crippen LogP contribution in [-0.2, 0) is 9.22 Å². The number of benzene rings is 3. The van der Waals surface area contributed by atoms with E-state index >= 15 is 0 Å². The van der Waals surface area contributed by atoms with Gasteiger partial charge in [0.1, 0.15) is 0 Å². The average molecular weight is 387 g/mol. The molecule has 0 saturated carbocycles. The van der Waals surface area contributed by atoms with Gasteiger partial charge >= 0.3 is 14.3 Å². The number of aryl methyl sites for hydroxylation is 3. The molecule has 0 aliphatic carbocycles. The predicted octanol–water partition coefficient (Wildman–Crippen LogP) is 3.70. The zero-order valence-corrected chi connectivity index (χ0v) is 18.0. The Morgan fingerprint density at radius 2 is 1.11 bits per heavy atom. The molecule has 3 aromatic carbocycles. The van der Waals surface area contributed by atoms with E-state index in [1.165, 1.54) is 0 Å². The summed E-state index contributed by atoms with van der Waals surface area (Å²) in [6, 6.07) is 25.0. The number of hydrogen-bond acceptors (Lipinski definition) is 2. The Morgan fingerprint density at radius 1 is 0.750 bits per heavy atom. The molecule has 3 aromatic rings. The van der Waals surface area contributed by atoms with E-state index < -0.39 is 8.32 Å². The fourth-order valence-corrected chi connectivity index (χ4v) is 7.59. The fraction of sp³-hybridized carbons (Fsp3) is 0.160. The van der Waals surface area contributed by atoms with Gasteiger partial charge in [-0.3, -0.25) is 0 Å². The van der Waals surface area contributed by atoms with E-state index in [0.29, 0.717) is 5.57 Å². The van der Waals surface area contributed by atoms with Gasteiger partial charge in [0.05, 0.1) is 0 Å². The second-order valence-electron chi connectivity index (χ2n) is 7.46. The van der Waals surface area contributed by atoms with Gasteiger partial charge in [-0.05, 0) is 43.3 Å². The summed E-state index contributed by atoms with van der Waals surface area (Å²) in [4.78, 5) is 12.8. The second kappa shape index (κ2) is 7.99. The van der Waals surface area contributed by atoms with Crippen molar-refractivity contribution in [2.75, 3.05) is 0 Å². The van der Waals surface area contributed by atoms with Crippen molar-refractivity contribution in [1.82, 2.24) is 0 Å². The summed E-state index contributed by atoms with van der Waals surface area (Å²) in [5.41, 5.74) is 3.83. The van der Waals surface area contributed by atoms with Crippen molar-refractivity contribution in [3.8, 4) is 0 Å². The summed E-state index contributed by atoms with van der Waals surface area (Å²) in [5.74, 6) is -0.351. The standard InChI is InChI=1S/C25H26O2Si/c1-18(2)25(26)27-28(22-12-6-9-19(3)15-22,23-13-7-10-20(4)16-23)24-14-8-11-21(5)17-24/h6-17H,1H2,2-5H3. The van der Waals surface area contributed by atoms with Gasteiger partial charge in [-0.15, -0.1) is 0 Å². The maximum atomic E-state index is 12.8. The Labute approximate surface area is 168 Å². The highest BCUT2D eigenvalue weighted by Gasteiger charge is 2.45. The van der Waals surface area contributed by atoms with Crippen LogP contribution >= 0.6 is 0 Å². The van der Waals surface area contributed by atoms with Gasteiger partial charge in [-0.1, -0.05) is 96.1 Å². The van der Waals surface area contributed by atoms with Crippen LogP contribution in [0.15, 0.2) is 84.9 Å². The largest absolute Gasteiger partial charge is 0.502 e. The first-order valence-corrected chi connectivity index (χ1v) is 11.3. The summed E-state index contributed by atoms with van der Waals surface area (Å²) < 4.78 is 6.42. The van der Waals surface area contributed by atoms with E-state index in [-0.39, 0.29) is 5.97 Å². The minimum absolute atomic E-state index is 0.351. The highest BCUT2D eigenvalue weighted by Crippen LogP contribution is 2.14. The molecule has 0 amide bonds. The number of hydrogen-bond donors (Lipinski definition) is 0. The molecule has 142 valence electrons. The second-order valence-corrected chi connectivity index (χ2v) is 10.8. The Bertz CT molecular complexity index is 925. The number of rotatable bonds is 5. The lowest BCUT2D eigenvalue weighted by Crippen LogP contribution is -2.70. The van der Waals surface area contributed by atoms with Crippen LogP contribution in [0.3, 0.4) is 0 Å². The van der Waals surface area contributed by atoms with Crippen molar-refractivity contribution in [2.45, 2.75) is 27.7 Å². The van der Waals surface area contributed by atoms with Gasteiger partial charge in [0.2, 0.25) is 0 Å². The third-order valence-electron chi connectivity index (χ3n) is 4.87. The monoisotopic (exact) mass is 386 g/mol. The van der Waals surface area contributed by atoms with E-state index in [1.54, 1.807) is 6.92 Å². The van der Waals surface area contributed by atoms with E-state index in [0.717, 1.165) is 32.3 Å². The summed E-state index contributed by atoms with van der Waals surface area (Å²) >= 11 is 0. The van der Waals surface area contributed by atoms with E-state index in [1.807, 2.05) is 18.2 Å². The number of carbonyl (C=O) groups excluding carboxylic acids is 1. The molecule has 0 saturated heterocycles. The van der Waals surface area contributed by atoms with Crippen molar-refractivity contribution in [1.29, 1.82) is 0 Å². The molecule has 3 heteroatoms. The van der Waals surface area contributed by atoms with Gasteiger partial charge in [-0.25, -0.2) is 4.79 Å². The lowest BCUT2D eigenvalue weighted by Gasteiger charge is -2.33. The molecule has 0 fully saturated rings. The highest BCUT2D eigenvalue weighted by atomic mass is 28.4. The molecule has 3 rings (SSSR count). The molecule has 0 bridgehead atoms. The molecular formula is C25H26O2Si. The van der Waals surface area contributed by atoms with Crippen LogP contribution in [0.25, 0.3) is 0 Å². The molecule has 0 N–H and O–H groups in total. The summed E-state index contributed by atoms with van der Waals surface area (Å²) in [6.07, 6.45) is 0. The van der Waals surface area contributed by atoms with Gasteiger partial charge in [-0.2, -0.15) is 0 Å². The molecule has 0 radical (unpaired) electrons. The third-order valence-corrected chi connectivity index (χ3v) is 8.73. The maximum Gasteiger partial charge on any atom is 0.350 e. The molecule has 0 spiro atoms. The minimum atomic E-state index is -3.05. The van der Waals surface area contributed by atoms with Crippen molar-refractivity contribution in [3.63, 3.8) is 0 Å². The first-order valence-electron chi connectivity index (χ1n) is 9.43. The third kappa shape index (κ3) is 3.85. The van der Waals surface area contributed by atoms with Gasteiger partial charge in [0.25, 0.3) is 0 Å². The van der Waals surface area contributed by atoms with E-state index in [4.69, 9.17) is 4.43 Å². The topological polar surface area (TPSA) is 26.3 Å². The smallest absolute Gasteiger partial charge is 0.350 e. The lowest BCUT2D eigenvalue weighted by molar-refractivity contribution is -0.130. The summed E-state index contributed by atoms with van der Waals surface area (Å²) in [6.45, 7) is 11.7. The van der Waals surface area contributed by atoms with Gasteiger partial charge in [0.15, 0.2) is 0 Å². The fourth-order valence-electron chi connectivity index (χ4n) is 3.50. The van der Waals surface area contributed by atoms with E-state index in [9.17, 15) is 4.79 Å². The highest BCUT2D eigenvalue weighted by molar-refractivity contribution is 7.08. The SMILES string of the molecule is C=C(C)C(=O)O[Si](c1cccc(C)c1)(c1cccc(C)c1)c1cccc(C)c1. The first-order chi connectivity index (χ1) is 13.3. The lowest BCUT2D eigenvalue weighted by atomic mass is 10.2. The van der Waals surface area contributed by atoms with Crippen LogP contribution in [0, 0.1) is 20.8 Å². The van der Waals surface area contributed by atoms with Crippen LogP contribution in [-0.4, -0.2) is 14.3 Å². The molecule has 0 aromatic heterocycles. The average Bonchev–Trinajstić information content (AvgIpc) is 2.65. The van der Waals surface area contributed by atoms with Crippen LogP contribution in [0.4, 0.5) is 0 Å². The first kappa shape index (κ1) is 19.8. The van der Waals surface area contributed by atoms with Crippen molar-refractivity contribution >= 4 is 29.8 Å². The Balaban J connectivity index is 2.40. The van der Waals surface area contributed by atoms with Gasteiger partial charge < -0.3 is 4.43 Å². The molecular weight excluding hydrogens is 360 g/mol. The molecule has 0 heterocycles. The van der Waals surface area contributed by atoms with Gasteiger partial charge in [0, 0.05) is 5.57 Å². The zero-order valence-electron chi connectivity index (χ0n) is 17.0. The maximum absolute atomic E-state index is 12.8. The quantitative estimate of drug-likeness (QED) is 0.380. The van der Waals surface area contributed by atoms with E-state index in [2.05, 4.69) is 81.9 Å². The Morgan fingerprint density at radius 3 is 1.39 bits per heavy atom. The van der Waals surface area contributed by atoms with Crippen LogP contribution in [0.2, 0.25) is 0 Å². The summed E-state index contributed by atoms with van der Waals surface area (Å²) in [5, 5.41) is 3.16. The minimum Gasteiger partial charge on any atom is -0.502 e.